The maximum atomic E-state index is 13.3. The Labute approximate surface area is 116 Å². The van der Waals surface area contributed by atoms with Gasteiger partial charge in [0.25, 0.3) is 5.91 Å². The molecule has 100 valence electrons. The van der Waals surface area contributed by atoms with Crippen LogP contribution in [-0.2, 0) is 0 Å². The molecule has 1 aromatic rings. The third kappa shape index (κ3) is 3.55. The fourth-order valence-corrected chi connectivity index (χ4v) is 2.76. The molecule has 1 aromatic carbocycles. The first-order chi connectivity index (χ1) is 8.46. The number of halogens is 2. The number of carbonyl (C=O) groups excluding carboxylic acids is 1. The fraction of sp³-hybridized carbons (Fsp3) is 0.500. The molecule has 0 heterocycles. The molecule has 0 atom stereocenters. The van der Waals surface area contributed by atoms with Gasteiger partial charge in [0.2, 0.25) is 0 Å². The largest absolute Gasteiger partial charge is 0.346 e. The average molecular weight is 316 g/mol. The Balaban J connectivity index is 2.94. The van der Waals surface area contributed by atoms with Crippen LogP contribution in [0.25, 0.3) is 0 Å². The van der Waals surface area contributed by atoms with E-state index in [0.29, 0.717) is 10.9 Å². The lowest BCUT2D eigenvalue weighted by molar-refractivity contribution is 0.0903. The van der Waals surface area contributed by atoms with E-state index >= 15 is 0 Å². The number of nitrogens with one attached hydrogen (secondary N) is 1. The van der Waals surface area contributed by atoms with Gasteiger partial charge >= 0.3 is 0 Å². The van der Waals surface area contributed by atoms with Gasteiger partial charge in [-0.2, -0.15) is 0 Å². The van der Waals surface area contributed by atoms with Crippen LogP contribution in [0.5, 0.6) is 0 Å². The van der Waals surface area contributed by atoms with Crippen LogP contribution in [0.2, 0.25) is 0 Å². The van der Waals surface area contributed by atoms with Gasteiger partial charge < -0.3 is 5.32 Å². The monoisotopic (exact) mass is 315 g/mol. The van der Waals surface area contributed by atoms with Crippen molar-refractivity contribution in [3.8, 4) is 0 Å². The van der Waals surface area contributed by atoms with Gasteiger partial charge in [-0.05, 0) is 43.5 Å². The van der Waals surface area contributed by atoms with E-state index < -0.39 is 0 Å². The molecule has 2 nitrogen and oxygen atoms in total. The maximum Gasteiger partial charge on any atom is 0.251 e. The highest BCUT2D eigenvalue weighted by Gasteiger charge is 2.27. The van der Waals surface area contributed by atoms with Crippen LogP contribution in [0.3, 0.4) is 0 Å². The Hall–Kier alpha value is -0.900. The lowest BCUT2D eigenvalue weighted by Crippen LogP contribution is -2.49. The lowest BCUT2D eigenvalue weighted by atomic mass is 9.95. The number of alkyl halides is 1. The van der Waals surface area contributed by atoms with E-state index in [9.17, 15) is 9.18 Å². The van der Waals surface area contributed by atoms with Crippen molar-refractivity contribution in [2.45, 2.75) is 39.2 Å². The minimum atomic E-state index is -0.377. The van der Waals surface area contributed by atoms with Gasteiger partial charge in [-0.15, -0.1) is 0 Å². The van der Waals surface area contributed by atoms with Crippen molar-refractivity contribution < 1.29 is 9.18 Å². The first kappa shape index (κ1) is 15.2. The quantitative estimate of drug-likeness (QED) is 0.822. The van der Waals surface area contributed by atoms with Crippen molar-refractivity contribution in [1.82, 2.24) is 5.32 Å². The smallest absolute Gasteiger partial charge is 0.251 e. The predicted molar refractivity (Wildman–Crippen MR) is 75.7 cm³/mol. The van der Waals surface area contributed by atoms with Crippen molar-refractivity contribution in [1.29, 1.82) is 0 Å². The molecular formula is C14H19BrFNO. The third-order valence-electron chi connectivity index (χ3n) is 3.29. The molecule has 0 aliphatic heterocycles. The van der Waals surface area contributed by atoms with E-state index in [1.54, 1.807) is 13.0 Å². The second kappa shape index (κ2) is 6.32. The van der Waals surface area contributed by atoms with Gasteiger partial charge in [0.1, 0.15) is 5.82 Å². The van der Waals surface area contributed by atoms with E-state index in [4.69, 9.17) is 0 Å². The zero-order chi connectivity index (χ0) is 13.8. The fourth-order valence-electron chi connectivity index (χ4n) is 1.83. The molecule has 0 aliphatic carbocycles. The summed E-state index contributed by atoms with van der Waals surface area (Å²) in [6.07, 6.45) is 1.66. The summed E-state index contributed by atoms with van der Waals surface area (Å²) in [4.78, 5) is 12.1. The number of aryl methyl sites for hydroxylation is 1. The van der Waals surface area contributed by atoms with Crippen LogP contribution in [-0.4, -0.2) is 16.8 Å². The van der Waals surface area contributed by atoms with Crippen molar-refractivity contribution in [3.05, 3.63) is 35.1 Å². The van der Waals surface area contributed by atoms with Crippen LogP contribution in [0.4, 0.5) is 4.39 Å². The second-order valence-corrected chi connectivity index (χ2v) is 5.15. The molecule has 0 aromatic heterocycles. The maximum absolute atomic E-state index is 13.3. The van der Waals surface area contributed by atoms with Crippen molar-refractivity contribution in [3.63, 3.8) is 0 Å². The van der Waals surface area contributed by atoms with E-state index in [1.165, 1.54) is 12.1 Å². The van der Waals surface area contributed by atoms with Crippen molar-refractivity contribution in [2.24, 2.45) is 0 Å². The first-order valence-electron chi connectivity index (χ1n) is 6.12. The molecular weight excluding hydrogens is 297 g/mol. The third-order valence-corrected chi connectivity index (χ3v) is 4.37. The van der Waals surface area contributed by atoms with Gasteiger partial charge in [-0.25, -0.2) is 4.39 Å². The standard InChI is InChI=1S/C14H19BrFNO/c1-4-14(5-2,9-15)17-13(18)11-6-10(3)7-12(16)8-11/h6-8H,4-5,9H2,1-3H3,(H,17,18). The lowest BCUT2D eigenvalue weighted by Gasteiger charge is -2.31. The Morgan fingerprint density at radius 2 is 1.94 bits per heavy atom. The minimum Gasteiger partial charge on any atom is -0.346 e. The van der Waals surface area contributed by atoms with E-state index in [0.717, 1.165) is 18.4 Å². The van der Waals surface area contributed by atoms with E-state index in [2.05, 4.69) is 21.2 Å². The number of amides is 1. The van der Waals surface area contributed by atoms with Crippen molar-refractivity contribution >= 4 is 21.8 Å². The summed E-state index contributed by atoms with van der Waals surface area (Å²) in [5.41, 5.74) is 0.856. The minimum absolute atomic E-state index is 0.222. The molecule has 0 saturated heterocycles. The highest BCUT2D eigenvalue weighted by atomic mass is 79.9. The first-order valence-corrected chi connectivity index (χ1v) is 7.24. The molecule has 0 bridgehead atoms. The van der Waals surface area contributed by atoms with Crippen LogP contribution < -0.4 is 5.32 Å². The molecule has 0 radical (unpaired) electrons. The molecule has 1 amide bonds. The number of rotatable bonds is 5. The summed E-state index contributed by atoms with van der Waals surface area (Å²) in [5, 5.41) is 3.69. The van der Waals surface area contributed by atoms with Crippen molar-refractivity contribution in [2.75, 3.05) is 5.33 Å². The Morgan fingerprint density at radius 3 is 2.39 bits per heavy atom. The molecule has 4 heteroatoms. The average Bonchev–Trinajstić information content (AvgIpc) is 2.35. The molecule has 0 unspecified atom stereocenters. The summed E-state index contributed by atoms with van der Waals surface area (Å²) < 4.78 is 13.3. The zero-order valence-electron chi connectivity index (χ0n) is 11.0. The highest BCUT2D eigenvalue weighted by Crippen LogP contribution is 2.19. The molecule has 0 spiro atoms. The Kier molecular flexibility index (Phi) is 5.32. The summed E-state index contributed by atoms with van der Waals surface area (Å²) in [5.74, 6) is -0.599. The van der Waals surface area contributed by atoms with Crippen LogP contribution >= 0.6 is 15.9 Å². The van der Waals surface area contributed by atoms with Crippen LogP contribution in [0.1, 0.15) is 42.6 Å². The number of benzene rings is 1. The molecule has 1 N–H and O–H groups in total. The molecule has 1 rings (SSSR count). The van der Waals surface area contributed by atoms with Gasteiger partial charge in [0, 0.05) is 16.4 Å². The highest BCUT2D eigenvalue weighted by molar-refractivity contribution is 9.09. The molecule has 18 heavy (non-hydrogen) atoms. The Bertz CT molecular complexity index is 401. The molecule has 0 aliphatic rings. The summed E-state index contributed by atoms with van der Waals surface area (Å²) in [6, 6.07) is 4.38. The van der Waals surface area contributed by atoms with Gasteiger partial charge in [0.15, 0.2) is 0 Å². The van der Waals surface area contributed by atoms with E-state index in [-0.39, 0.29) is 17.3 Å². The van der Waals surface area contributed by atoms with Gasteiger partial charge in [-0.3, -0.25) is 4.79 Å². The predicted octanol–water partition coefficient (Wildman–Crippen LogP) is 3.82. The van der Waals surface area contributed by atoms with E-state index in [1.807, 2.05) is 13.8 Å². The number of hydrogen-bond acceptors (Lipinski definition) is 1. The molecule has 0 fully saturated rings. The summed E-state index contributed by atoms with van der Waals surface area (Å²) in [6.45, 7) is 5.83. The van der Waals surface area contributed by atoms with Crippen LogP contribution in [0.15, 0.2) is 18.2 Å². The Morgan fingerprint density at radius 1 is 1.33 bits per heavy atom. The number of hydrogen-bond donors (Lipinski definition) is 1. The summed E-state index contributed by atoms with van der Waals surface area (Å²) in [7, 11) is 0. The second-order valence-electron chi connectivity index (χ2n) is 4.59. The van der Waals surface area contributed by atoms with Gasteiger partial charge in [-0.1, -0.05) is 29.8 Å². The van der Waals surface area contributed by atoms with Gasteiger partial charge in [0.05, 0.1) is 0 Å². The normalized spacial score (nSPS) is 11.4. The number of carbonyl (C=O) groups is 1. The van der Waals surface area contributed by atoms with Crippen LogP contribution in [0, 0.1) is 12.7 Å². The summed E-state index contributed by atoms with van der Waals surface area (Å²) >= 11 is 3.43. The molecule has 0 saturated carbocycles. The zero-order valence-corrected chi connectivity index (χ0v) is 12.6. The topological polar surface area (TPSA) is 29.1 Å². The SMILES string of the molecule is CCC(CC)(CBr)NC(=O)c1cc(C)cc(F)c1.